The maximum Gasteiger partial charge on any atom is -0.00798 e. The van der Waals surface area contributed by atoms with Crippen molar-refractivity contribution in [1.29, 1.82) is 0 Å². The summed E-state index contributed by atoms with van der Waals surface area (Å²) in [5.41, 5.74) is 3.85. The Kier molecular flexibility index (Phi) is 5.64. The lowest BCUT2D eigenvalue weighted by Crippen LogP contribution is -2.52. The van der Waals surface area contributed by atoms with E-state index >= 15 is 0 Å². The third-order valence-electron chi connectivity index (χ3n) is 7.43. The fourth-order valence-electron chi connectivity index (χ4n) is 6.18. The summed E-state index contributed by atoms with van der Waals surface area (Å²) in [5.74, 6) is 2.32. The zero-order chi connectivity index (χ0) is 17.3. The second kappa shape index (κ2) is 6.99. The minimum atomic E-state index is 0.361. The number of hydrogen-bond acceptors (Lipinski definition) is 0. The van der Waals surface area contributed by atoms with Gasteiger partial charge < -0.3 is 0 Å². The van der Waals surface area contributed by atoms with Gasteiger partial charge >= 0.3 is 0 Å². The zero-order valence-corrected chi connectivity index (χ0v) is 16.3. The van der Waals surface area contributed by atoms with Gasteiger partial charge in [0.2, 0.25) is 0 Å². The molecule has 5 atom stereocenters. The molecule has 0 nitrogen and oxygen atoms in total. The van der Waals surface area contributed by atoms with Crippen LogP contribution >= 0.6 is 0 Å². The maximum atomic E-state index is 4.17. The summed E-state index contributed by atoms with van der Waals surface area (Å²) in [7, 11) is 0. The van der Waals surface area contributed by atoms with E-state index in [0.717, 1.165) is 11.8 Å². The largest absolute Gasteiger partial charge is 0.103 e. The van der Waals surface area contributed by atoms with Crippen LogP contribution in [-0.2, 0) is 0 Å². The zero-order valence-electron chi connectivity index (χ0n) is 16.3. The number of fused-ring (bicyclic) bond motifs is 1. The molecule has 0 radical (unpaired) electrons. The first-order valence-corrected chi connectivity index (χ1v) is 9.79. The lowest BCUT2D eigenvalue weighted by Gasteiger charge is -2.60. The SMILES string of the molecule is C=CC1CCC2C(C)(CCC(=C)C)C(CC)=CCC2(C)C1CC. The van der Waals surface area contributed by atoms with Crippen molar-refractivity contribution in [3.05, 3.63) is 36.5 Å². The maximum absolute atomic E-state index is 4.17. The van der Waals surface area contributed by atoms with E-state index in [-0.39, 0.29) is 0 Å². The summed E-state index contributed by atoms with van der Waals surface area (Å²) in [6, 6.07) is 0. The van der Waals surface area contributed by atoms with Crippen molar-refractivity contribution in [2.45, 2.75) is 79.6 Å². The average Bonchev–Trinajstić information content (AvgIpc) is 2.52. The molecule has 1 fully saturated rings. The van der Waals surface area contributed by atoms with Crippen molar-refractivity contribution >= 4 is 0 Å². The van der Waals surface area contributed by atoms with Gasteiger partial charge in [0.1, 0.15) is 0 Å². The Bertz CT molecular complexity index is 482. The van der Waals surface area contributed by atoms with Crippen LogP contribution in [0.2, 0.25) is 0 Å². The number of rotatable bonds is 6. The smallest absolute Gasteiger partial charge is 0.00798 e. The van der Waals surface area contributed by atoms with Crippen molar-refractivity contribution in [2.24, 2.45) is 28.6 Å². The van der Waals surface area contributed by atoms with Gasteiger partial charge in [-0.25, -0.2) is 0 Å². The molecule has 2 aliphatic carbocycles. The first-order chi connectivity index (χ1) is 10.8. The molecular formula is C23H38. The molecule has 0 aromatic heterocycles. The molecule has 0 aromatic rings. The Balaban J connectivity index is 2.42. The predicted octanol–water partition coefficient (Wildman–Crippen LogP) is 7.33. The highest BCUT2D eigenvalue weighted by molar-refractivity contribution is 5.25. The molecule has 0 amide bonds. The van der Waals surface area contributed by atoms with Crippen LogP contribution in [0.4, 0.5) is 0 Å². The molecule has 0 heteroatoms. The third kappa shape index (κ3) is 3.11. The quantitative estimate of drug-likeness (QED) is 0.450. The molecular weight excluding hydrogens is 276 g/mol. The lowest BCUT2D eigenvalue weighted by atomic mass is 9.45. The van der Waals surface area contributed by atoms with Crippen molar-refractivity contribution in [2.75, 3.05) is 0 Å². The number of allylic oxidation sites excluding steroid dienone is 4. The van der Waals surface area contributed by atoms with Crippen LogP contribution in [0.1, 0.15) is 79.6 Å². The fourth-order valence-corrected chi connectivity index (χ4v) is 6.18. The van der Waals surface area contributed by atoms with E-state index in [1.807, 2.05) is 0 Å². The van der Waals surface area contributed by atoms with Gasteiger partial charge in [-0.15, -0.1) is 13.2 Å². The molecule has 1 saturated carbocycles. The summed E-state index contributed by atoms with van der Waals surface area (Å²) < 4.78 is 0. The van der Waals surface area contributed by atoms with Crippen molar-refractivity contribution in [3.8, 4) is 0 Å². The lowest BCUT2D eigenvalue weighted by molar-refractivity contribution is -0.0570. The summed E-state index contributed by atoms with van der Waals surface area (Å²) in [5, 5.41) is 0. The van der Waals surface area contributed by atoms with Crippen LogP contribution in [0, 0.1) is 28.6 Å². The molecule has 0 spiro atoms. The van der Waals surface area contributed by atoms with Gasteiger partial charge in [0, 0.05) is 0 Å². The molecule has 0 aliphatic heterocycles. The van der Waals surface area contributed by atoms with Gasteiger partial charge in [0.15, 0.2) is 0 Å². The Labute approximate surface area is 145 Å². The Morgan fingerprint density at radius 1 is 1.30 bits per heavy atom. The van der Waals surface area contributed by atoms with Gasteiger partial charge in [-0.1, -0.05) is 57.4 Å². The van der Waals surface area contributed by atoms with Gasteiger partial charge in [0.25, 0.3) is 0 Å². The Hall–Kier alpha value is -0.780. The summed E-state index contributed by atoms with van der Waals surface area (Å²) in [6.07, 6.45) is 13.8. The molecule has 5 unspecified atom stereocenters. The van der Waals surface area contributed by atoms with E-state index in [0.29, 0.717) is 16.7 Å². The van der Waals surface area contributed by atoms with Crippen LogP contribution in [0.25, 0.3) is 0 Å². The topological polar surface area (TPSA) is 0 Å². The highest BCUT2D eigenvalue weighted by Gasteiger charge is 2.55. The molecule has 0 bridgehead atoms. The predicted molar refractivity (Wildman–Crippen MR) is 103 cm³/mol. The van der Waals surface area contributed by atoms with Gasteiger partial charge in [-0.2, -0.15) is 0 Å². The molecule has 2 rings (SSSR count). The van der Waals surface area contributed by atoms with Crippen LogP contribution in [0.15, 0.2) is 36.5 Å². The van der Waals surface area contributed by atoms with E-state index in [2.05, 4.69) is 59.9 Å². The van der Waals surface area contributed by atoms with E-state index in [4.69, 9.17) is 0 Å². The van der Waals surface area contributed by atoms with Gasteiger partial charge in [-0.3, -0.25) is 0 Å². The number of hydrogen-bond donors (Lipinski definition) is 0. The van der Waals surface area contributed by atoms with Crippen LogP contribution in [-0.4, -0.2) is 0 Å². The van der Waals surface area contributed by atoms with Crippen molar-refractivity contribution in [3.63, 3.8) is 0 Å². The molecule has 23 heavy (non-hydrogen) atoms. The molecule has 0 heterocycles. The second-order valence-corrected chi connectivity index (χ2v) is 8.71. The summed E-state index contributed by atoms with van der Waals surface area (Å²) >= 11 is 0. The fraction of sp³-hybridized carbons (Fsp3) is 0.739. The standard InChI is InChI=1S/C23H38/c1-8-18-11-12-21-22(6,15-13-17(4)5)19(9-2)14-16-23(21,7)20(18)10-3/h8,14,18,20-21H,1,4,9-13,15-16H2,2-3,5-7H3. The first-order valence-electron chi connectivity index (χ1n) is 9.79. The Morgan fingerprint density at radius 2 is 2.00 bits per heavy atom. The monoisotopic (exact) mass is 314 g/mol. The molecule has 0 N–H and O–H groups in total. The highest BCUT2D eigenvalue weighted by atomic mass is 14.6. The van der Waals surface area contributed by atoms with Crippen LogP contribution in [0.3, 0.4) is 0 Å². The molecule has 2 aliphatic rings. The van der Waals surface area contributed by atoms with Gasteiger partial charge in [0.05, 0.1) is 0 Å². The third-order valence-corrected chi connectivity index (χ3v) is 7.43. The van der Waals surface area contributed by atoms with E-state index < -0.39 is 0 Å². The second-order valence-electron chi connectivity index (χ2n) is 8.71. The van der Waals surface area contributed by atoms with E-state index in [1.165, 1.54) is 50.5 Å². The average molecular weight is 315 g/mol. The summed E-state index contributed by atoms with van der Waals surface area (Å²) in [4.78, 5) is 0. The molecule has 0 saturated heterocycles. The Morgan fingerprint density at radius 3 is 2.52 bits per heavy atom. The molecule has 0 aromatic carbocycles. The summed E-state index contributed by atoms with van der Waals surface area (Å²) in [6.45, 7) is 20.4. The van der Waals surface area contributed by atoms with Crippen molar-refractivity contribution in [1.82, 2.24) is 0 Å². The van der Waals surface area contributed by atoms with Crippen molar-refractivity contribution < 1.29 is 0 Å². The van der Waals surface area contributed by atoms with Crippen LogP contribution < -0.4 is 0 Å². The minimum absolute atomic E-state index is 0.361. The highest BCUT2D eigenvalue weighted by Crippen LogP contribution is 2.63. The van der Waals surface area contributed by atoms with E-state index in [9.17, 15) is 0 Å². The van der Waals surface area contributed by atoms with Crippen LogP contribution in [0.5, 0.6) is 0 Å². The van der Waals surface area contributed by atoms with Gasteiger partial charge in [-0.05, 0) is 74.0 Å². The van der Waals surface area contributed by atoms with E-state index in [1.54, 1.807) is 5.57 Å². The molecule has 130 valence electrons. The minimum Gasteiger partial charge on any atom is -0.103 e. The normalized spacial score (nSPS) is 40.2. The first kappa shape index (κ1) is 18.6.